The van der Waals surface area contributed by atoms with E-state index in [0.29, 0.717) is 18.2 Å². The number of hydrogen-bond acceptors (Lipinski definition) is 4. The van der Waals surface area contributed by atoms with Crippen molar-refractivity contribution in [2.75, 3.05) is 39.9 Å². The quantitative estimate of drug-likeness (QED) is 0.377. The van der Waals surface area contributed by atoms with E-state index in [1.807, 2.05) is 7.05 Å². The van der Waals surface area contributed by atoms with E-state index in [9.17, 15) is 0 Å². The summed E-state index contributed by atoms with van der Waals surface area (Å²) < 4.78 is 11.6. The van der Waals surface area contributed by atoms with Gasteiger partial charge < -0.3 is 20.1 Å². The minimum absolute atomic E-state index is 0. The van der Waals surface area contributed by atoms with Gasteiger partial charge in [0.05, 0.1) is 18.2 Å². The monoisotopic (exact) mass is 464 g/mol. The molecule has 4 rings (SSSR count). The van der Waals surface area contributed by atoms with Crippen molar-refractivity contribution < 1.29 is 9.47 Å². The Hall–Kier alpha value is -0.120. The minimum Gasteiger partial charge on any atom is -0.381 e. The van der Waals surface area contributed by atoms with Crippen molar-refractivity contribution in [3.8, 4) is 0 Å². The molecule has 7 heteroatoms. The fraction of sp³-hybridized carbons (Fsp3) is 0.944. The molecular formula is C18H33IN4O2. The van der Waals surface area contributed by atoms with Crippen molar-refractivity contribution in [3.05, 3.63) is 0 Å². The van der Waals surface area contributed by atoms with E-state index >= 15 is 0 Å². The van der Waals surface area contributed by atoms with Crippen LogP contribution in [-0.4, -0.2) is 74.5 Å². The minimum atomic E-state index is 0. The standard InChI is InChI=1S/C18H32N4O2.HI/c1-19-17(21-15-12-14-4-5-16(15)24-14)20-13-18(6-10-23-11-7-18)22-8-2-3-9-22;/h14-16H,2-13H2,1H3,(H2,19,20,21);1H. The van der Waals surface area contributed by atoms with Crippen LogP contribution in [0, 0.1) is 0 Å². The molecule has 25 heavy (non-hydrogen) atoms. The zero-order chi connectivity index (χ0) is 16.4. The van der Waals surface area contributed by atoms with E-state index in [-0.39, 0.29) is 29.5 Å². The fourth-order valence-corrected chi connectivity index (χ4v) is 4.96. The van der Waals surface area contributed by atoms with Gasteiger partial charge in [-0.2, -0.15) is 0 Å². The first-order chi connectivity index (χ1) is 11.8. The van der Waals surface area contributed by atoms with Gasteiger partial charge in [0, 0.05) is 32.3 Å². The maximum Gasteiger partial charge on any atom is 0.191 e. The zero-order valence-electron chi connectivity index (χ0n) is 15.3. The molecule has 0 amide bonds. The lowest BCUT2D eigenvalue weighted by molar-refractivity contribution is -0.0164. The average Bonchev–Trinajstić information content (AvgIpc) is 3.37. The molecule has 2 bridgehead atoms. The number of fused-ring (bicyclic) bond motifs is 2. The predicted octanol–water partition coefficient (Wildman–Crippen LogP) is 1.73. The Labute approximate surface area is 168 Å². The Bertz CT molecular complexity index is 464. The van der Waals surface area contributed by atoms with Crippen molar-refractivity contribution >= 4 is 29.9 Å². The van der Waals surface area contributed by atoms with Crippen LogP contribution in [0.2, 0.25) is 0 Å². The van der Waals surface area contributed by atoms with Crippen molar-refractivity contribution in [1.82, 2.24) is 15.5 Å². The average molecular weight is 464 g/mol. The van der Waals surface area contributed by atoms with Crippen molar-refractivity contribution in [1.29, 1.82) is 0 Å². The van der Waals surface area contributed by atoms with Gasteiger partial charge >= 0.3 is 0 Å². The molecule has 0 aliphatic carbocycles. The molecule has 0 radical (unpaired) electrons. The van der Waals surface area contributed by atoms with Crippen molar-refractivity contribution in [2.45, 2.75) is 68.7 Å². The topological polar surface area (TPSA) is 58.1 Å². The first-order valence-corrected chi connectivity index (χ1v) is 9.74. The molecule has 4 heterocycles. The lowest BCUT2D eigenvalue weighted by atomic mass is 9.88. The Morgan fingerprint density at radius 2 is 1.96 bits per heavy atom. The summed E-state index contributed by atoms with van der Waals surface area (Å²) in [6.07, 6.45) is 9.29. The Morgan fingerprint density at radius 3 is 2.56 bits per heavy atom. The third-order valence-electron chi connectivity index (χ3n) is 6.44. The molecule has 0 aromatic rings. The van der Waals surface area contributed by atoms with Crippen LogP contribution in [0.3, 0.4) is 0 Å². The normalized spacial score (nSPS) is 34.8. The number of rotatable bonds is 4. The first-order valence-electron chi connectivity index (χ1n) is 9.74. The number of guanidine groups is 1. The van der Waals surface area contributed by atoms with Crippen LogP contribution in [0.4, 0.5) is 0 Å². The maximum atomic E-state index is 5.96. The summed E-state index contributed by atoms with van der Waals surface area (Å²) in [5, 5.41) is 7.24. The number of halogens is 1. The molecule has 6 nitrogen and oxygen atoms in total. The Kier molecular flexibility index (Phi) is 6.84. The highest BCUT2D eigenvalue weighted by atomic mass is 127. The second-order valence-corrected chi connectivity index (χ2v) is 7.82. The number of ether oxygens (including phenoxy) is 2. The molecule has 4 aliphatic rings. The molecule has 3 atom stereocenters. The molecule has 4 fully saturated rings. The van der Waals surface area contributed by atoms with Crippen LogP contribution in [-0.2, 0) is 9.47 Å². The molecular weight excluding hydrogens is 431 g/mol. The van der Waals surface area contributed by atoms with Gasteiger partial charge in [-0.25, -0.2) is 0 Å². The maximum absolute atomic E-state index is 5.96. The number of aliphatic imine (C=N–C) groups is 1. The zero-order valence-corrected chi connectivity index (χ0v) is 17.7. The second-order valence-electron chi connectivity index (χ2n) is 7.82. The van der Waals surface area contributed by atoms with E-state index in [2.05, 4.69) is 20.5 Å². The smallest absolute Gasteiger partial charge is 0.191 e. The summed E-state index contributed by atoms with van der Waals surface area (Å²) >= 11 is 0. The van der Waals surface area contributed by atoms with Crippen LogP contribution < -0.4 is 10.6 Å². The first kappa shape index (κ1) is 19.6. The number of likely N-dealkylation sites (tertiary alicyclic amines) is 1. The third kappa shape index (κ3) is 4.25. The Morgan fingerprint density at radius 1 is 1.20 bits per heavy atom. The van der Waals surface area contributed by atoms with E-state index < -0.39 is 0 Å². The van der Waals surface area contributed by atoms with E-state index in [0.717, 1.165) is 45.0 Å². The molecule has 4 aliphatic heterocycles. The van der Waals surface area contributed by atoms with Crippen molar-refractivity contribution in [3.63, 3.8) is 0 Å². The summed E-state index contributed by atoms with van der Waals surface area (Å²) in [6, 6.07) is 0.423. The predicted molar refractivity (Wildman–Crippen MR) is 110 cm³/mol. The Balaban J connectivity index is 0.00000182. The largest absolute Gasteiger partial charge is 0.381 e. The number of nitrogens with zero attached hydrogens (tertiary/aromatic N) is 2. The van der Waals surface area contributed by atoms with Gasteiger partial charge in [-0.1, -0.05) is 0 Å². The fourth-order valence-electron chi connectivity index (χ4n) is 4.96. The summed E-state index contributed by atoms with van der Waals surface area (Å²) in [4.78, 5) is 7.16. The highest BCUT2D eigenvalue weighted by Crippen LogP contribution is 2.34. The van der Waals surface area contributed by atoms with E-state index in [4.69, 9.17) is 9.47 Å². The van der Waals surface area contributed by atoms with E-state index in [1.165, 1.54) is 38.8 Å². The third-order valence-corrected chi connectivity index (χ3v) is 6.44. The van der Waals surface area contributed by atoms with Gasteiger partial charge in [-0.05, 0) is 58.0 Å². The summed E-state index contributed by atoms with van der Waals surface area (Å²) in [5.74, 6) is 0.932. The molecule has 2 N–H and O–H groups in total. The van der Waals surface area contributed by atoms with Crippen LogP contribution >= 0.6 is 24.0 Å². The molecule has 0 spiro atoms. The molecule has 0 aromatic heterocycles. The second kappa shape index (κ2) is 8.71. The summed E-state index contributed by atoms with van der Waals surface area (Å²) in [5.41, 5.74) is 0.234. The molecule has 144 valence electrons. The number of nitrogens with one attached hydrogen (secondary N) is 2. The van der Waals surface area contributed by atoms with Gasteiger partial charge in [0.2, 0.25) is 0 Å². The van der Waals surface area contributed by atoms with Crippen LogP contribution in [0.15, 0.2) is 4.99 Å². The van der Waals surface area contributed by atoms with Gasteiger partial charge in [0.15, 0.2) is 5.96 Å². The van der Waals surface area contributed by atoms with Gasteiger partial charge in [-0.15, -0.1) is 24.0 Å². The molecule has 3 unspecified atom stereocenters. The summed E-state index contributed by atoms with van der Waals surface area (Å²) in [6.45, 7) is 5.18. The lowest BCUT2D eigenvalue weighted by Crippen LogP contribution is -2.59. The highest BCUT2D eigenvalue weighted by Gasteiger charge is 2.42. The van der Waals surface area contributed by atoms with Gasteiger partial charge in [-0.3, -0.25) is 9.89 Å². The SMILES string of the molecule is CN=C(NCC1(N2CCCC2)CCOCC1)NC1CC2CCC1O2.I. The summed E-state index contributed by atoms with van der Waals surface area (Å²) in [7, 11) is 1.87. The highest BCUT2D eigenvalue weighted by molar-refractivity contribution is 14.0. The lowest BCUT2D eigenvalue weighted by Gasteiger charge is -2.45. The van der Waals surface area contributed by atoms with Gasteiger partial charge in [0.1, 0.15) is 0 Å². The number of hydrogen-bond donors (Lipinski definition) is 2. The molecule has 0 aromatic carbocycles. The molecule has 0 saturated carbocycles. The van der Waals surface area contributed by atoms with Gasteiger partial charge in [0.25, 0.3) is 0 Å². The van der Waals surface area contributed by atoms with Crippen LogP contribution in [0.25, 0.3) is 0 Å². The van der Waals surface area contributed by atoms with E-state index in [1.54, 1.807) is 0 Å². The molecule has 4 saturated heterocycles. The van der Waals surface area contributed by atoms with Crippen molar-refractivity contribution in [2.24, 2.45) is 4.99 Å². The van der Waals surface area contributed by atoms with Crippen LogP contribution in [0.5, 0.6) is 0 Å². The van der Waals surface area contributed by atoms with Crippen LogP contribution in [0.1, 0.15) is 44.9 Å².